The lowest BCUT2D eigenvalue weighted by atomic mass is 9.96. The van der Waals surface area contributed by atoms with Crippen molar-refractivity contribution in [1.29, 1.82) is 0 Å². The van der Waals surface area contributed by atoms with Crippen LogP contribution >= 0.6 is 0 Å². The molecule has 154 valence electrons. The van der Waals surface area contributed by atoms with Gasteiger partial charge in [-0.2, -0.15) is 0 Å². The second-order valence-corrected chi connectivity index (χ2v) is 8.53. The monoisotopic (exact) mass is 385 g/mol. The summed E-state index contributed by atoms with van der Waals surface area (Å²) in [4.78, 5) is 15.4. The number of hydrogen-bond acceptors (Lipinski definition) is 3. The number of carbonyl (C=O) groups excluding carboxylic acids is 1. The molecule has 5 heteroatoms. The molecule has 28 heavy (non-hydrogen) atoms. The topological polar surface area (TPSA) is 46.5 Å². The Balaban J connectivity index is 1.85. The summed E-state index contributed by atoms with van der Waals surface area (Å²) in [5.41, 5.74) is 3.17. The van der Waals surface area contributed by atoms with E-state index in [1.54, 1.807) is 7.11 Å². The van der Waals surface area contributed by atoms with Crippen molar-refractivity contribution in [1.82, 2.24) is 14.8 Å². The number of ether oxygens (including phenoxy) is 1. The second-order valence-electron chi connectivity index (χ2n) is 8.53. The van der Waals surface area contributed by atoms with Gasteiger partial charge in [0, 0.05) is 55.5 Å². The molecule has 1 fully saturated rings. The molecule has 3 rings (SSSR count). The summed E-state index contributed by atoms with van der Waals surface area (Å²) in [6.45, 7) is 13.1. The average Bonchev–Trinajstić information content (AvgIpc) is 3.22. The summed E-state index contributed by atoms with van der Waals surface area (Å²) in [7, 11) is 1.73. The van der Waals surface area contributed by atoms with E-state index < -0.39 is 0 Å². The number of nitrogens with one attached hydrogen (secondary N) is 1. The van der Waals surface area contributed by atoms with E-state index in [-0.39, 0.29) is 11.9 Å². The molecule has 0 aliphatic carbocycles. The van der Waals surface area contributed by atoms with E-state index in [0.717, 1.165) is 50.3 Å². The van der Waals surface area contributed by atoms with Crippen LogP contribution in [0.3, 0.4) is 0 Å². The molecule has 1 N–H and O–H groups in total. The number of amides is 1. The smallest absolute Gasteiger partial charge is 0.254 e. The molecule has 1 aromatic carbocycles. The minimum atomic E-state index is 0.137. The average molecular weight is 386 g/mol. The van der Waals surface area contributed by atoms with Crippen LogP contribution in [0, 0.1) is 18.8 Å². The van der Waals surface area contributed by atoms with E-state index in [2.05, 4.69) is 55.9 Å². The van der Waals surface area contributed by atoms with Gasteiger partial charge in [-0.25, -0.2) is 0 Å². The lowest BCUT2D eigenvalue weighted by Crippen LogP contribution is -2.41. The normalized spacial score (nSPS) is 19.6. The summed E-state index contributed by atoms with van der Waals surface area (Å²) in [6.07, 6.45) is 3.14. The van der Waals surface area contributed by atoms with Crippen LogP contribution in [-0.2, 0) is 11.3 Å². The first-order valence-electron chi connectivity index (χ1n) is 10.5. The largest absolute Gasteiger partial charge is 0.385 e. The first-order valence-corrected chi connectivity index (χ1v) is 10.5. The number of benzene rings is 1. The Hall–Kier alpha value is -1.85. The molecular weight excluding hydrogens is 350 g/mol. The maximum absolute atomic E-state index is 13.4. The van der Waals surface area contributed by atoms with Crippen molar-refractivity contribution in [3.05, 3.63) is 35.5 Å². The van der Waals surface area contributed by atoms with Crippen molar-refractivity contribution in [2.45, 2.75) is 46.7 Å². The highest BCUT2D eigenvalue weighted by Crippen LogP contribution is 2.25. The molecule has 0 radical (unpaired) electrons. The van der Waals surface area contributed by atoms with Crippen LogP contribution in [0.2, 0.25) is 0 Å². The third-order valence-corrected chi connectivity index (χ3v) is 6.07. The van der Waals surface area contributed by atoms with E-state index in [9.17, 15) is 4.79 Å². The van der Waals surface area contributed by atoms with Gasteiger partial charge in [-0.3, -0.25) is 4.79 Å². The van der Waals surface area contributed by atoms with Gasteiger partial charge in [0.1, 0.15) is 0 Å². The van der Waals surface area contributed by atoms with E-state index in [1.807, 2.05) is 11.0 Å². The molecular formula is C23H35N3O2. The molecule has 1 aliphatic heterocycles. The molecule has 0 saturated carbocycles. The van der Waals surface area contributed by atoms with E-state index in [0.29, 0.717) is 11.8 Å². The Morgan fingerprint density at radius 2 is 2.14 bits per heavy atom. The fourth-order valence-corrected chi connectivity index (χ4v) is 4.23. The van der Waals surface area contributed by atoms with Crippen molar-refractivity contribution >= 4 is 16.8 Å². The maximum atomic E-state index is 13.4. The van der Waals surface area contributed by atoms with Gasteiger partial charge < -0.3 is 19.5 Å². The van der Waals surface area contributed by atoms with Crippen LogP contribution in [0.5, 0.6) is 0 Å². The molecule has 0 spiro atoms. The molecule has 1 aromatic heterocycles. The standard InChI is InChI=1S/C23H35N3O2/c1-16(2)26(15-20-13-24-12-17(20)3)23(27)19-7-8-21-18(4)14-25(22(21)11-19)9-6-10-28-5/h7-8,11,14,16-17,20,24H,6,9-10,12-13,15H2,1-5H3/t17-,20+/m1/s1. The Morgan fingerprint density at radius 1 is 1.36 bits per heavy atom. The van der Waals surface area contributed by atoms with Gasteiger partial charge in [0.2, 0.25) is 0 Å². The highest BCUT2D eigenvalue weighted by atomic mass is 16.5. The fraction of sp³-hybridized carbons (Fsp3) is 0.609. The highest BCUT2D eigenvalue weighted by molar-refractivity contribution is 5.98. The third kappa shape index (κ3) is 4.41. The van der Waals surface area contributed by atoms with Crippen LogP contribution in [0.4, 0.5) is 0 Å². The quantitative estimate of drug-likeness (QED) is 0.705. The minimum absolute atomic E-state index is 0.137. The lowest BCUT2D eigenvalue weighted by Gasteiger charge is -2.31. The molecule has 1 amide bonds. The highest BCUT2D eigenvalue weighted by Gasteiger charge is 2.29. The number of fused-ring (bicyclic) bond motifs is 1. The van der Waals surface area contributed by atoms with Gasteiger partial charge >= 0.3 is 0 Å². The zero-order valence-electron chi connectivity index (χ0n) is 18.0. The van der Waals surface area contributed by atoms with Crippen molar-refractivity contribution in [3.8, 4) is 0 Å². The Morgan fingerprint density at radius 3 is 2.79 bits per heavy atom. The van der Waals surface area contributed by atoms with Gasteiger partial charge in [0.15, 0.2) is 0 Å². The zero-order valence-corrected chi connectivity index (χ0v) is 18.0. The summed E-state index contributed by atoms with van der Waals surface area (Å²) < 4.78 is 7.45. The van der Waals surface area contributed by atoms with Gasteiger partial charge in [-0.1, -0.05) is 13.0 Å². The molecule has 1 saturated heterocycles. The van der Waals surface area contributed by atoms with Crippen LogP contribution in [0.1, 0.15) is 43.1 Å². The predicted molar refractivity (Wildman–Crippen MR) is 115 cm³/mol. The Bertz CT molecular complexity index is 812. The predicted octanol–water partition coefficient (Wildman–Crippen LogP) is 3.69. The van der Waals surface area contributed by atoms with Gasteiger partial charge in [-0.05, 0) is 69.8 Å². The van der Waals surface area contributed by atoms with Crippen molar-refractivity contribution in [3.63, 3.8) is 0 Å². The first-order chi connectivity index (χ1) is 13.4. The third-order valence-electron chi connectivity index (χ3n) is 6.07. The number of aryl methyl sites for hydroxylation is 2. The molecule has 0 bridgehead atoms. The minimum Gasteiger partial charge on any atom is -0.385 e. The molecule has 0 unspecified atom stereocenters. The first kappa shape index (κ1) is 20.9. The number of aromatic nitrogens is 1. The molecule has 2 atom stereocenters. The fourth-order valence-electron chi connectivity index (χ4n) is 4.23. The second kappa shape index (κ2) is 9.10. The number of carbonyl (C=O) groups is 1. The van der Waals surface area contributed by atoms with Crippen LogP contribution in [0.25, 0.3) is 10.9 Å². The maximum Gasteiger partial charge on any atom is 0.254 e. The summed E-state index contributed by atoms with van der Waals surface area (Å²) in [5, 5.41) is 4.67. The molecule has 1 aliphatic rings. The van der Waals surface area contributed by atoms with Crippen LogP contribution in [-0.4, -0.2) is 54.8 Å². The molecule has 5 nitrogen and oxygen atoms in total. The Labute approximate surface area is 169 Å². The summed E-state index contributed by atoms with van der Waals surface area (Å²) in [6, 6.07) is 6.35. The van der Waals surface area contributed by atoms with Gasteiger partial charge in [0.05, 0.1) is 0 Å². The molecule has 2 aromatic rings. The van der Waals surface area contributed by atoms with Crippen molar-refractivity contribution in [2.24, 2.45) is 11.8 Å². The lowest BCUT2D eigenvalue weighted by molar-refractivity contribution is 0.0665. The van der Waals surface area contributed by atoms with E-state index in [1.165, 1.54) is 10.9 Å². The van der Waals surface area contributed by atoms with Crippen molar-refractivity contribution < 1.29 is 9.53 Å². The van der Waals surface area contributed by atoms with E-state index in [4.69, 9.17) is 4.74 Å². The number of nitrogens with zero attached hydrogens (tertiary/aromatic N) is 2. The molecule has 2 heterocycles. The zero-order chi connectivity index (χ0) is 20.3. The van der Waals surface area contributed by atoms with Crippen LogP contribution in [0.15, 0.2) is 24.4 Å². The SMILES string of the molecule is COCCCn1cc(C)c2ccc(C(=O)N(C[C@@H]3CNC[C@H]3C)C(C)C)cc21. The Kier molecular flexibility index (Phi) is 6.78. The van der Waals surface area contributed by atoms with Crippen molar-refractivity contribution in [2.75, 3.05) is 33.4 Å². The van der Waals surface area contributed by atoms with Crippen LogP contribution < -0.4 is 5.32 Å². The van der Waals surface area contributed by atoms with Gasteiger partial charge in [-0.15, -0.1) is 0 Å². The van der Waals surface area contributed by atoms with Gasteiger partial charge in [0.25, 0.3) is 5.91 Å². The summed E-state index contributed by atoms with van der Waals surface area (Å²) in [5.74, 6) is 1.27. The summed E-state index contributed by atoms with van der Waals surface area (Å²) >= 11 is 0. The number of rotatable bonds is 8. The number of methoxy groups -OCH3 is 1. The number of hydrogen-bond donors (Lipinski definition) is 1. The van der Waals surface area contributed by atoms with E-state index >= 15 is 0 Å².